The fourth-order valence-electron chi connectivity index (χ4n) is 3.33. The lowest BCUT2D eigenvalue weighted by Crippen LogP contribution is -2.40. The lowest BCUT2D eigenvalue weighted by molar-refractivity contribution is 0.0472. The molecule has 1 aromatic heterocycles. The van der Waals surface area contributed by atoms with Crippen molar-refractivity contribution in [3.8, 4) is 11.4 Å². The van der Waals surface area contributed by atoms with Crippen LogP contribution in [0.1, 0.15) is 15.9 Å². The van der Waals surface area contributed by atoms with Crippen LogP contribution in [0.4, 0.5) is 0 Å². The number of carbonyl (C=O) groups is 1. The largest absolute Gasteiger partial charge is 0.495 e. The molecule has 1 saturated heterocycles. The second kappa shape index (κ2) is 9.51. The van der Waals surface area contributed by atoms with Crippen LogP contribution in [-0.2, 0) is 26.1 Å². The van der Waals surface area contributed by atoms with E-state index in [1.165, 1.54) is 29.6 Å². The molecule has 3 aromatic rings. The summed E-state index contributed by atoms with van der Waals surface area (Å²) in [5.74, 6) is -0.454. The summed E-state index contributed by atoms with van der Waals surface area (Å²) < 4.78 is 45.1. The Kier molecular flexibility index (Phi) is 6.54. The fourth-order valence-corrected chi connectivity index (χ4v) is 4.92. The Morgan fingerprint density at radius 3 is 2.53 bits per heavy atom. The van der Waals surface area contributed by atoms with Crippen LogP contribution in [0, 0.1) is 0 Å². The molecular formula is C22H23N3O6S. The van der Waals surface area contributed by atoms with Gasteiger partial charge in [0.25, 0.3) is 0 Å². The first kappa shape index (κ1) is 22.0. The van der Waals surface area contributed by atoms with Crippen molar-refractivity contribution in [2.45, 2.75) is 11.5 Å². The van der Waals surface area contributed by atoms with Gasteiger partial charge in [-0.2, -0.15) is 9.40 Å². The van der Waals surface area contributed by atoms with Crippen LogP contribution in [0.5, 0.6) is 5.75 Å². The molecule has 10 heteroatoms. The van der Waals surface area contributed by atoms with E-state index in [2.05, 4.69) is 5.10 Å². The van der Waals surface area contributed by atoms with Crippen LogP contribution >= 0.6 is 0 Å². The molecule has 168 valence electrons. The van der Waals surface area contributed by atoms with Crippen molar-refractivity contribution < 1.29 is 27.4 Å². The van der Waals surface area contributed by atoms with Crippen molar-refractivity contribution in [1.82, 2.24) is 14.1 Å². The number of rotatable bonds is 7. The number of methoxy groups -OCH3 is 1. The molecule has 0 saturated carbocycles. The van der Waals surface area contributed by atoms with Crippen LogP contribution in [0.2, 0.25) is 0 Å². The minimum atomic E-state index is -3.84. The third kappa shape index (κ3) is 4.67. The summed E-state index contributed by atoms with van der Waals surface area (Å²) >= 11 is 0. The third-order valence-electron chi connectivity index (χ3n) is 5.06. The Labute approximate surface area is 186 Å². The number of esters is 1. The van der Waals surface area contributed by atoms with Gasteiger partial charge in [-0.25, -0.2) is 17.9 Å². The van der Waals surface area contributed by atoms with Crippen LogP contribution in [0.3, 0.4) is 0 Å². The van der Waals surface area contributed by atoms with Crippen LogP contribution < -0.4 is 4.74 Å². The van der Waals surface area contributed by atoms with E-state index in [-0.39, 0.29) is 35.9 Å². The minimum absolute atomic E-state index is 0.0514. The number of sulfonamides is 1. The van der Waals surface area contributed by atoms with Crippen molar-refractivity contribution in [1.29, 1.82) is 0 Å². The maximum absolute atomic E-state index is 13.1. The molecule has 1 aliphatic heterocycles. The van der Waals surface area contributed by atoms with E-state index >= 15 is 0 Å². The molecule has 0 unspecified atom stereocenters. The predicted octanol–water partition coefficient (Wildman–Crippen LogP) is 2.26. The third-order valence-corrected chi connectivity index (χ3v) is 6.98. The van der Waals surface area contributed by atoms with E-state index < -0.39 is 16.0 Å². The molecule has 9 nitrogen and oxygen atoms in total. The van der Waals surface area contributed by atoms with Crippen molar-refractivity contribution in [2.24, 2.45) is 0 Å². The van der Waals surface area contributed by atoms with E-state index in [0.29, 0.717) is 13.2 Å². The van der Waals surface area contributed by atoms with E-state index in [9.17, 15) is 13.2 Å². The smallest absolute Gasteiger partial charge is 0.338 e. The maximum atomic E-state index is 13.1. The second-order valence-corrected chi connectivity index (χ2v) is 8.98. The van der Waals surface area contributed by atoms with Gasteiger partial charge in [0.1, 0.15) is 17.3 Å². The summed E-state index contributed by atoms with van der Waals surface area (Å²) in [6.45, 7) is 1.18. The summed E-state index contributed by atoms with van der Waals surface area (Å²) in [4.78, 5) is 12.6. The number of morpholine rings is 1. The van der Waals surface area contributed by atoms with E-state index in [4.69, 9.17) is 14.2 Å². The fraction of sp³-hybridized carbons (Fsp3) is 0.273. The van der Waals surface area contributed by atoms with Gasteiger partial charge < -0.3 is 14.2 Å². The normalized spacial score (nSPS) is 14.8. The SMILES string of the molecule is COc1ccc(C(=O)OCc2ccc(-n3cccn3)cc2)cc1S(=O)(=O)N1CCOCC1. The van der Waals surface area contributed by atoms with Gasteiger partial charge in [0.2, 0.25) is 10.0 Å². The molecule has 2 heterocycles. The lowest BCUT2D eigenvalue weighted by atomic mass is 10.2. The monoisotopic (exact) mass is 457 g/mol. The van der Waals surface area contributed by atoms with Crippen LogP contribution in [0.25, 0.3) is 5.69 Å². The highest BCUT2D eigenvalue weighted by Crippen LogP contribution is 2.29. The number of carbonyl (C=O) groups excluding carboxylic acids is 1. The molecule has 0 radical (unpaired) electrons. The molecule has 32 heavy (non-hydrogen) atoms. The Balaban J connectivity index is 1.48. The zero-order valence-corrected chi connectivity index (χ0v) is 18.3. The molecule has 0 N–H and O–H groups in total. The van der Waals surface area contributed by atoms with Crippen molar-refractivity contribution in [3.05, 3.63) is 72.1 Å². The predicted molar refractivity (Wildman–Crippen MR) is 115 cm³/mol. The van der Waals surface area contributed by atoms with Crippen molar-refractivity contribution in [3.63, 3.8) is 0 Å². The van der Waals surface area contributed by atoms with Crippen molar-refractivity contribution >= 4 is 16.0 Å². The maximum Gasteiger partial charge on any atom is 0.338 e. The van der Waals surface area contributed by atoms with Gasteiger partial charge in [-0.1, -0.05) is 12.1 Å². The van der Waals surface area contributed by atoms with Gasteiger partial charge in [-0.05, 0) is 42.0 Å². The summed E-state index contributed by atoms with van der Waals surface area (Å²) in [6.07, 6.45) is 3.53. The van der Waals surface area contributed by atoms with Crippen LogP contribution in [-0.4, -0.2) is 61.9 Å². The second-order valence-electron chi connectivity index (χ2n) is 7.08. The summed E-state index contributed by atoms with van der Waals surface area (Å²) in [5, 5.41) is 4.17. The quantitative estimate of drug-likeness (QED) is 0.502. The number of benzene rings is 2. The first-order chi connectivity index (χ1) is 15.5. The first-order valence-electron chi connectivity index (χ1n) is 10.0. The first-order valence-corrected chi connectivity index (χ1v) is 11.4. The van der Waals surface area contributed by atoms with E-state index in [1.54, 1.807) is 10.9 Å². The van der Waals surface area contributed by atoms with Gasteiger partial charge in [-0.3, -0.25) is 0 Å². The average Bonchev–Trinajstić information content (AvgIpc) is 3.38. The molecule has 0 bridgehead atoms. The zero-order valence-electron chi connectivity index (χ0n) is 17.5. The molecule has 1 aliphatic rings. The Hall–Kier alpha value is -3.21. The summed E-state index contributed by atoms with van der Waals surface area (Å²) in [6, 6.07) is 13.5. The highest BCUT2D eigenvalue weighted by atomic mass is 32.2. The summed E-state index contributed by atoms with van der Waals surface area (Å²) in [7, 11) is -2.45. The zero-order chi connectivity index (χ0) is 22.6. The Morgan fingerprint density at radius 2 is 1.88 bits per heavy atom. The summed E-state index contributed by atoms with van der Waals surface area (Å²) in [5.41, 5.74) is 1.81. The number of ether oxygens (including phenoxy) is 3. The van der Waals surface area contributed by atoms with E-state index in [1.807, 2.05) is 36.5 Å². The topological polar surface area (TPSA) is 100.0 Å². The number of nitrogens with zero attached hydrogens (tertiary/aromatic N) is 3. The van der Waals surface area contributed by atoms with Crippen molar-refractivity contribution in [2.75, 3.05) is 33.4 Å². The highest BCUT2D eigenvalue weighted by molar-refractivity contribution is 7.89. The molecule has 0 spiro atoms. The molecule has 1 fully saturated rings. The number of aromatic nitrogens is 2. The van der Waals surface area contributed by atoms with Gasteiger partial charge in [0.05, 0.1) is 31.6 Å². The Bertz CT molecular complexity index is 1170. The number of hydrogen-bond acceptors (Lipinski definition) is 7. The molecule has 4 rings (SSSR count). The van der Waals surface area contributed by atoms with Gasteiger partial charge in [0, 0.05) is 25.5 Å². The molecule has 0 aliphatic carbocycles. The average molecular weight is 458 g/mol. The molecule has 0 atom stereocenters. The molecule has 2 aromatic carbocycles. The van der Waals surface area contributed by atoms with E-state index in [0.717, 1.165) is 11.3 Å². The minimum Gasteiger partial charge on any atom is -0.495 e. The van der Waals surface area contributed by atoms with Gasteiger partial charge in [-0.15, -0.1) is 0 Å². The van der Waals surface area contributed by atoms with Gasteiger partial charge >= 0.3 is 5.97 Å². The lowest BCUT2D eigenvalue weighted by Gasteiger charge is -2.26. The van der Waals surface area contributed by atoms with Gasteiger partial charge in [0.15, 0.2) is 0 Å². The number of hydrogen-bond donors (Lipinski definition) is 0. The molecular weight excluding hydrogens is 434 g/mol. The standard InChI is InChI=1S/C22H23N3O6S/c1-29-20-8-5-18(15-21(20)32(27,28)24-11-13-30-14-12-24)22(26)31-16-17-3-6-19(7-4-17)25-10-2-9-23-25/h2-10,15H,11-14,16H2,1H3. The highest BCUT2D eigenvalue weighted by Gasteiger charge is 2.30. The molecule has 0 amide bonds. The Morgan fingerprint density at radius 1 is 1.12 bits per heavy atom. The van der Waals surface area contributed by atoms with Crippen LogP contribution in [0.15, 0.2) is 65.8 Å².